The lowest BCUT2D eigenvalue weighted by Gasteiger charge is -2.18. The molecule has 0 aromatic carbocycles. The molecule has 0 aromatic heterocycles. The van der Waals surface area contributed by atoms with E-state index in [4.69, 9.17) is 4.43 Å². The van der Waals surface area contributed by atoms with E-state index in [1.807, 2.05) is 12.3 Å². The van der Waals surface area contributed by atoms with E-state index in [1.54, 1.807) is 0 Å². The third-order valence-electron chi connectivity index (χ3n) is 3.54. The summed E-state index contributed by atoms with van der Waals surface area (Å²) in [5.74, 6) is 0. The summed E-state index contributed by atoms with van der Waals surface area (Å²) in [5, 5.41) is 0. The topological polar surface area (TPSA) is 9.23 Å². The monoisotopic (exact) mass is 282 g/mol. The SMILES string of the molecule is CCCCCCCCCC=CC=CO[Si](C)(C)CC. The minimum absolute atomic E-state index is 1.17. The van der Waals surface area contributed by atoms with E-state index in [9.17, 15) is 0 Å². The zero-order chi connectivity index (χ0) is 14.4. The van der Waals surface area contributed by atoms with Gasteiger partial charge in [0, 0.05) is 0 Å². The van der Waals surface area contributed by atoms with Crippen LogP contribution in [0.4, 0.5) is 0 Å². The summed E-state index contributed by atoms with van der Waals surface area (Å²) >= 11 is 0. The molecule has 0 aliphatic heterocycles. The molecule has 0 aliphatic carbocycles. The van der Waals surface area contributed by atoms with Crippen LogP contribution in [0.5, 0.6) is 0 Å². The normalized spacial score (nSPS) is 12.6. The predicted octanol–water partition coefficient (Wildman–Crippen LogP) is 6.44. The van der Waals surface area contributed by atoms with Crippen molar-refractivity contribution in [3.05, 3.63) is 24.5 Å². The van der Waals surface area contributed by atoms with E-state index in [-0.39, 0.29) is 0 Å². The van der Waals surface area contributed by atoms with Crippen LogP contribution >= 0.6 is 0 Å². The number of unbranched alkanes of at least 4 members (excludes halogenated alkanes) is 7. The third kappa shape index (κ3) is 13.7. The molecule has 19 heavy (non-hydrogen) atoms. The first-order chi connectivity index (χ1) is 9.12. The molecular formula is C17H34OSi. The average Bonchev–Trinajstić information content (AvgIpc) is 2.40. The van der Waals surface area contributed by atoms with Crippen molar-refractivity contribution in [1.29, 1.82) is 0 Å². The van der Waals surface area contributed by atoms with E-state index < -0.39 is 8.32 Å². The Labute approximate surface area is 122 Å². The van der Waals surface area contributed by atoms with Crippen LogP contribution in [0, 0.1) is 0 Å². The molecule has 0 heterocycles. The van der Waals surface area contributed by atoms with Gasteiger partial charge in [-0.25, -0.2) is 0 Å². The summed E-state index contributed by atoms with van der Waals surface area (Å²) in [6, 6.07) is 1.17. The molecule has 0 N–H and O–H groups in total. The van der Waals surface area contributed by atoms with Crippen molar-refractivity contribution < 1.29 is 4.43 Å². The second kappa shape index (κ2) is 12.5. The highest BCUT2D eigenvalue weighted by Crippen LogP contribution is 2.10. The molecular weight excluding hydrogens is 248 g/mol. The van der Waals surface area contributed by atoms with Crippen molar-refractivity contribution in [3.8, 4) is 0 Å². The molecule has 2 heteroatoms. The van der Waals surface area contributed by atoms with Crippen molar-refractivity contribution in [2.75, 3.05) is 0 Å². The smallest absolute Gasteiger partial charge is 0.244 e. The third-order valence-corrected chi connectivity index (χ3v) is 6.02. The maximum absolute atomic E-state index is 5.77. The number of hydrogen-bond acceptors (Lipinski definition) is 1. The molecule has 0 aromatic rings. The summed E-state index contributed by atoms with van der Waals surface area (Å²) in [6.45, 7) is 8.97. The van der Waals surface area contributed by atoms with Crippen LogP contribution < -0.4 is 0 Å². The van der Waals surface area contributed by atoms with Crippen LogP contribution in [0.3, 0.4) is 0 Å². The maximum Gasteiger partial charge on any atom is 0.244 e. The largest absolute Gasteiger partial charge is 0.549 e. The van der Waals surface area contributed by atoms with E-state index in [2.05, 4.69) is 39.1 Å². The van der Waals surface area contributed by atoms with Crippen molar-refractivity contribution >= 4 is 8.32 Å². The minimum Gasteiger partial charge on any atom is -0.549 e. The minimum atomic E-state index is -1.40. The standard InChI is InChI=1S/C17H34OSi/c1-5-7-8-9-10-11-12-13-14-15-16-17-18-19(3,4)6-2/h14-17H,5-13H2,1-4H3. The zero-order valence-electron chi connectivity index (χ0n) is 13.6. The van der Waals surface area contributed by atoms with E-state index in [0.717, 1.165) is 0 Å². The van der Waals surface area contributed by atoms with Crippen LogP contribution in [-0.2, 0) is 4.43 Å². The van der Waals surface area contributed by atoms with Gasteiger partial charge in [0.25, 0.3) is 0 Å². The van der Waals surface area contributed by atoms with E-state index in [1.165, 1.54) is 57.4 Å². The molecule has 0 bridgehead atoms. The van der Waals surface area contributed by atoms with Gasteiger partial charge in [-0.15, -0.1) is 0 Å². The van der Waals surface area contributed by atoms with Gasteiger partial charge in [0.05, 0.1) is 6.26 Å². The van der Waals surface area contributed by atoms with Crippen LogP contribution in [0.1, 0.15) is 65.2 Å². The molecule has 0 unspecified atom stereocenters. The van der Waals surface area contributed by atoms with Gasteiger partial charge in [0.2, 0.25) is 8.32 Å². The highest BCUT2D eigenvalue weighted by atomic mass is 28.4. The van der Waals surface area contributed by atoms with Gasteiger partial charge in [-0.05, 0) is 38.1 Å². The van der Waals surface area contributed by atoms with Crippen molar-refractivity contribution in [2.45, 2.75) is 84.4 Å². The lowest BCUT2D eigenvalue weighted by atomic mass is 10.1. The molecule has 0 saturated heterocycles. The second-order valence-corrected chi connectivity index (χ2v) is 10.4. The first kappa shape index (κ1) is 18.5. The Hall–Kier alpha value is -0.503. The summed E-state index contributed by atoms with van der Waals surface area (Å²) in [7, 11) is -1.40. The lowest BCUT2D eigenvalue weighted by Crippen LogP contribution is -2.26. The van der Waals surface area contributed by atoms with Crippen molar-refractivity contribution in [3.63, 3.8) is 0 Å². The molecule has 112 valence electrons. The van der Waals surface area contributed by atoms with Crippen LogP contribution in [0.15, 0.2) is 24.5 Å². The molecule has 0 atom stereocenters. The van der Waals surface area contributed by atoms with Gasteiger partial charge in [-0.1, -0.05) is 64.5 Å². The number of allylic oxidation sites excluding steroid dienone is 3. The van der Waals surface area contributed by atoms with E-state index >= 15 is 0 Å². The summed E-state index contributed by atoms with van der Waals surface area (Å²) in [6.07, 6.45) is 19.2. The summed E-state index contributed by atoms with van der Waals surface area (Å²) in [5.41, 5.74) is 0. The molecule has 0 amide bonds. The number of hydrogen-bond donors (Lipinski definition) is 0. The van der Waals surface area contributed by atoms with Gasteiger partial charge >= 0.3 is 0 Å². The lowest BCUT2D eigenvalue weighted by molar-refractivity contribution is 0.472. The Bertz CT molecular complexity index is 244. The molecule has 0 radical (unpaired) electrons. The summed E-state index contributed by atoms with van der Waals surface area (Å²) in [4.78, 5) is 0. The molecule has 0 aliphatic rings. The highest BCUT2D eigenvalue weighted by Gasteiger charge is 2.18. The molecule has 0 fully saturated rings. The Kier molecular flexibility index (Phi) is 12.2. The second-order valence-electron chi connectivity index (χ2n) is 5.90. The van der Waals surface area contributed by atoms with Gasteiger partial charge in [-0.2, -0.15) is 0 Å². The maximum atomic E-state index is 5.77. The van der Waals surface area contributed by atoms with Crippen molar-refractivity contribution in [1.82, 2.24) is 0 Å². The molecule has 0 saturated carbocycles. The zero-order valence-corrected chi connectivity index (χ0v) is 14.6. The Balaban J connectivity index is 3.37. The van der Waals surface area contributed by atoms with Gasteiger partial charge in [0.15, 0.2) is 0 Å². The quantitative estimate of drug-likeness (QED) is 0.173. The highest BCUT2D eigenvalue weighted by molar-refractivity contribution is 6.71. The average molecular weight is 283 g/mol. The molecule has 0 spiro atoms. The van der Waals surface area contributed by atoms with Gasteiger partial charge in [0.1, 0.15) is 0 Å². The van der Waals surface area contributed by atoms with Crippen LogP contribution in [-0.4, -0.2) is 8.32 Å². The fraction of sp³-hybridized carbons (Fsp3) is 0.765. The van der Waals surface area contributed by atoms with E-state index in [0.29, 0.717) is 0 Å². The first-order valence-electron chi connectivity index (χ1n) is 8.12. The molecule has 1 nitrogen and oxygen atoms in total. The summed E-state index contributed by atoms with van der Waals surface area (Å²) < 4.78 is 5.77. The predicted molar refractivity (Wildman–Crippen MR) is 89.9 cm³/mol. The van der Waals surface area contributed by atoms with Gasteiger partial charge < -0.3 is 4.43 Å². The Morgan fingerprint density at radius 3 is 2.11 bits per heavy atom. The Morgan fingerprint density at radius 2 is 1.47 bits per heavy atom. The molecule has 0 rings (SSSR count). The fourth-order valence-corrected chi connectivity index (χ4v) is 2.36. The van der Waals surface area contributed by atoms with Crippen LogP contribution in [0.2, 0.25) is 19.1 Å². The Morgan fingerprint density at radius 1 is 0.842 bits per heavy atom. The van der Waals surface area contributed by atoms with Crippen LogP contribution in [0.25, 0.3) is 0 Å². The first-order valence-corrected chi connectivity index (χ1v) is 11.2. The number of rotatable bonds is 12. The van der Waals surface area contributed by atoms with Gasteiger partial charge in [-0.3, -0.25) is 0 Å². The fourth-order valence-electron chi connectivity index (χ4n) is 1.75. The van der Waals surface area contributed by atoms with Crippen molar-refractivity contribution in [2.24, 2.45) is 0 Å².